The van der Waals surface area contributed by atoms with Crippen LogP contribution in [-0.2, 0) is 24.2 Å². The van der Waals surface area contributed by atoms with E-state index in [1.165, 1.54) is 21.3 Å². The van der Waals surface area contributed by atoms with Gasteiger partial charge in [0.2, 0.25) is 0 Å². The molecule has 0 unspecified atom stereocenters. The molecule has 0 saturated carbocycles. The van der Waals surface area contributed by atoms with Crippen LogP contribution in [0.5, 0.6) is 5.75 Å². The number of amides is 1. The van der Waals surface area contributed by atoms with Crippen molar-refractivity contribution in [3.8, 4) is 5.75 Å². The number of hydrazone groups is 1. The summed E-state index contributed by atoms with van der Waals surface area (Å²) in [5.41, 5.74) is 6.64. The number of nitrogens with zero attached hydrogens (tertiary/aromatic N) is 3. The summed E-state index contributed by atoms with van der Waals surface area (Å²) in [6.45, 7) is 6.47. The zero-order valence-electron chi connectivity index (χ0n) is 21.2. The van der Waals surface area contributed by atoms with Crippen LogP contribution < -0.4 is 15.7 Å². The second kappa shape index (κ2) is 10.7. The predicted molar refractivity (Wildman–Crippen MR) is 147 cm³/mol. The third-order valence-electron chi connectivity index (χ3n) is 6.83. The molecule has 7 nitrogen and oxygen atoms in total. The number of hydrogen-bond acceptors (Lipinski definition) is 6. The van der Waals surface area contributed by atoms with Gasteiger partial charge in [0.1, 0.15) is 23.2 Å². The highest BCUT2D eigenvalue weighted by Gasteiger charge is 2.25. The van der Waals surface area contributed by atoms with Gasteiger partial charge in [0.15, 0.2) is 0 Å². The van der Waals surface area contributed by atoms with Crippen molar-refractivity contribution in [2.75, 3.05) is 0 Å². The first-order chi connectivity index (χ1) is 17.9. The number of carbonyl (C=O) groups excluding carboxylic acids is 1. The lowest BCUT2D eigenvalue weighted by Gasteiger charge is -2.18. The van der Waals surface area contributed by atoms with Gasteiger partial charge in [-0.05, 0) is 80.0 Å². The van der Waals surface area contributed by atoms with Crippen molar-refractivity contribution in [1.82, 2.24) is 15.0 Å². The molecule has 1 N–H and O–H groups in total. The molecule has 0 saturated heterocycles. The van der Waals surface area contributed by atoms with Crippen molar-refractivity contribution in [2.24, 2.45) is 11.0 Å². The number of aryl methyl sites for hydroxylation is 2. The maximum absolute atomic E-state index is 13.3. The maximum Gasteiger partial charge on any atom is 0.263 e. The molecule has 0 fully saturated rings. The van der Waals surface area contributed by atoms with E-state index in [-0.39, 0.29) is 11.5 Å². The Balaban J connectivity index is 1.20. The van der Waals surface area contributed by atoms with Crippen LogP contribution in [0.4, 0.5) is 0 Å². The van der Waals surface area contributed by atoms with Crippen molar-refractivity contribution in [3.63, 3.8) is 0 Å². The van der Waals surface area contributed by atoms with E-state index in [1.807, 2.05) is 24.3 Å². The van der Waals surface area contributed by atoms with Gasteiger partial charge in [-0.1, -0.05) is 36.8 Å². The topological polar surface area (TPSA) is 85.6 Å². The fourth-order valence-corrected chi connectivity index (χ4v) is 5.85. The van der Waals surface area contributed by atoms with Crippen LogP contribution in [0.15, 0.2) is 64.8 Å². The molecule has 4 aromatic rings. The summed E-state index contributed by atoms with van der Waals surface area (Å²) >= 11 is 1.60. The van der Waals surface area contributed by atoms with Crippen molar-refractivity contribution in [3.05, 3.63) is 92.3 Å². The van der Waals surface area contributed by atoms with Gasteiger partial charge in [-0.2, -0.15) is 5.10 Å². The monoisotopic (exact) mass is 514 g/mol. The normalized spacial score (nSPS) is 16.0. The number of aromatic nitrogens is 2. The minimum Gasteiger partial charge on any atom is -0.489 e. The molecule has 2 heterocycles. The Morgan fingerprint density at radius 2 is 2.00 bits per heavy atom. The van der Waals surface area contributed by atoms with Crippen molar-refractivity contribution < 1.29 is 9.53 Å². The summed E-state index contributed by atoms with van der Waals surface area (Å²) in [5.74, 6) is 0.991. The van der Waals surface area contributed by atoms with E-state index in [2.05, 4.69) is 53.6 Å². The molecule has 1 amide bonds. The molecule has 37 heavy (non-hydrogen) atoms. The van der Waals surface area contributed by atoms with Crippen LogP contribution in [-0.4, -0.2) is 21.7 Å². The summed E-state index contributed by atoms with van der Waals surface area (Å²) in [5, 5.41) is 4.75. The van der Waals surface area contributed by atoms with Crippen LogP contribution in [0.1, 0.15) is 53.4 Å². The largest absolute Gasteiger partial charge is 0.489 e. The van der Waals surface area contributed by atoms with Crippen molar-refractivity contribution in [1.29, 1.82) is 0 Å². The van der Waals surface area contributed by atoms with E-state index in [9.17, 15) is 9.59 Å². The lowest BCUT2D eigenvalue weighted by molar-refractivity contribution is -0.123. The van der Waals surface area contributed by atoms with E-state index in [0.29, 0.717) is 17.9 Å². The van der Waals surface area contributed by atoms with E-state index in [0.717, 1.165) is 46.5 Å². The van der Waals surface area contributed by atoms with Gasteiger partial charge in [0.05, 0.1) is 17.9 Å². The zero-order valence-corrected chi connectivity index (χ0v) is 22.0. The Bertz CT molecular complexity index is 1500. The average molecular weight is 515 g/mol. The van der Waals surface area contributed by atoms with Gasteiger partial charge in [0, 0.05) is 4.88 Å². The Kier molecular flexibility index (Phi) is 7.19. The lowest BCUT2D eigenvalue weighted by atomic mass is 9.89. The fourth-order valence-electron chi connectivity index (χ4n) is 4.51. The Labute approximate surface area is 219 Å². The molecular weight excluding hydrogens is 484 g/mol. The first-order valence-electron chi connectivity index (χ1n) is 12.5. The molecular formula is C29H30N4O3S. The molecule has 0 radical (unpaired) electrons. The van der Waals surface area contributed by atoms with Gasteiger partial charge >= 0.3 is 0 Å². The third kappa shape index (κ3) is 5.49. The summed E-state index contributed by atoms with van der Waals surface area (Å²) in [6, 6.07) is 15.0. The Morgan fingerprint density at radius 3 is 2.76 bits per heavy atom. The molecule has 0 aliphatic heterocycles. The summed E-state index contributed by atoms with van der Waals surface area (Å²) in [7, 11) is 0. The van der Waals surface area contributed by atoms with E-state index in [1.54, 1.807) is 24.5 Å². The predicted octanol–water partition coefficient (Wildman–Crippen LogP) is 5.18. The smallest absolute Gasteiger partial charge is 0.263 e. The second-order valence-corrected chi connectivity index (χ2v) is 10.8. The minimum absolute atomic E-state index is 0.162. The van der Waals surface area contributed by atoms with Crippen LogP contribution >= 0.6 is 11.3 Å². The van der Waals surface area contributed by atoms with Crippen molar-refractivity contribution >= 4 is 33.7 Å². The summed E-state index contributed by atoms with van der Waals surface area (Å²) in [4.78, 5) is 32.5. The number of rotatable bonds is 7. The van der Waals surface area contributed by atoms with Crippen LogP contribution in [0, 0.1) is 12.8 Å². The number of benzene rings is 2. The zero-order chi connectivity index (χ0) is 25.9. The molecule has 1 aliphatic rings. The summed E-state index contributed by atoms with van der Waals surface area (Å²) in [6.07, 6.45) is 5.98. The highest BCUT2D eigenvalue weighted by atomic mass is 32.1. The number of fused-ring (bicyclic) bond motifs is 3. The van der Waals surface area contributed by atoms with Gasteiger partial charge in [-0.15, -0.1) is 11.3 Å². The standard InChI is InChI=1S/C29H30N4O3S/c1-18-4-7-22(8-5-18)16-36-23-11-9-21(10-12-23)15-31-32-27(34)20(3)33-17-30-28-26(29(33)35)24-13-6-19(2)14-25(24)37-28/h4-5,7-12,15,17,19-20H,6,13-14,16H2,1-3H3,(H,32,34)/b31-15-/t19-,20-/m0/s1. The van der Waals surface area contributed by atoms with E-state index >= 15 is 0 Å². The molecule has 1 aliphatic carbocycles. The molecule has 2 aromatic heterocycles. The number of thiophene rings is 1. The highest BCUT2D eigenvalue weighted by Crippen LogP contribution is 2.35. The number of carbonyl (C=O) groups is 1. The number of ether oxygens (including phenoxy) is 1. The fraction of sp³-hybridized carbons (Fsp3) is 0.310. The molecule has 0 bridgehead atoms. The molecule has 2 atom stereocenters. The maximum atomic E-state index is 13.3. The highest BCUT2D eigenvalue weighted by molar-refractivity contribution is 7.18. The SMILES string of the molecule is Cc1ccc(COc2ccc(/C=N\NC(=O)[C@H](C)n3cnc4sc5c(c4c3=O)CC[C@H](C)C5)cc2)cc1. The third-order valence-corrected chi connectivity index (χ3v) is 7.99. The minimum atomic E-state index is -0.739. The van der Waals surface area contributed by atoms with Crippen molar-refractivity contribution in [2.45, 2.75) is 52.7 Å². The summed E-state index contributed by atoms with van der Waals surface area (Å²) < 4.78 is 7.24. The quantitative estimate of drug-likeness (QED) is 0.272. The Morgan fingerprint density at radius 1 is 1.24 bits per heavy atom. The van der Waals surface area contributed by atoms with Crippen LogP contribution in [0.25, 0.3) is 10.2 Å². The van der Waals surface area contributed by atoms with Crippen LogP contribution in [0.2, 0.25) is 0 Å². The molecule has 190 valence electrons. The number of hydrogen-bond donors (Lipinski definition) is 1. The molecule has 5 rings (SSSR count). The van der Waals surface area contributed by atoms with Crippen LogP contribution in [0.3, 0.4) is 0 Å². The van der Waals surface area contributed by atoms with E-state index in [4.69, 9.17) is 4.74 Å². The van der Waals surface area contributed by atoms with Gasteiger partial charge < -0.3 is 4.74 Å². The molecule has 8 heteroatoms. The van der Waals surface area contributed by atoms with Gasteiger partial charge in [-0.25, -0.2) is 10.4 Å². The van der Waals surface area contributed by atoms with E-state index < -0.39 is 6.04 Å². The Hall–Kier alpha value is -3.78. The van der Waals surface area contributed by atoms with Gasteiger partial charge in [-0.3, -0.25) is 14.2 Å². The number of nitrogens with one attached hydrogen (secondary N) is 1. The molecule has 0 spiro atoms. The second-order valence-electron chi connectivity index (χ2n) is 9.74. The lowest BCUT2D eigenvalue weighted by Crippen LogP contribution is -2.34. The van der Waals surface area contributed by atoms with Gasteiger partial charge in [0.25, 0.3) is 11.5 Å². The molecule has 2 aromatic carbocycles. The average Bonchev–Trinajstić information content (AvgIpc) is 3.27. The first kappa shape index (κ1) is 24.9. The first-order valence-corrected chi connectivity index (χ1v) is 13.3.